The van der Waals surface area contributed by atoms with Crippen molar-refractivity contribution in [3.63, 3.8) is 0 Å². The van der Waals surface area contributed by atoms with E-state index in [1.54, 1.807) is 0 Å². The summed E-state index contributed by atoms with van der Waals surface area (Å²) in [4.78, 5) is 20.9. The average molecular weight is 318 g/mol. The van der Waals surface area contributed by atoms with Crippen LogP contribution in [0.15, 0.2) is 12.3 Å². The number of aromatic nitrogens is 1. The minimum absolute atomic E-state index is 0.00219. The quantitative estimate of drug-likeness (QED) is 0.919. The Bertz CT molecular complexity index is 604. The van der Waals surface area contributed by atoms with Crippen molar-refractivity contribution in [3.8, 4) is 0 Å². The van der Waals surface area contributed by atoms with Gasteiger partial charge in [-0.15, -0.1) is 0 Å². The van der Waals surface area contributed by atoms with Crippen LogP contribution in [0.1, 0.15) is 31.4 Å². The highest BCUT2D eigenvalue weighted by atomic mass is 16.5. The second kappa shape index (κ2) is 6.00. The monoisotopic (exact) mass is 318 g/mol. The predicted molar refractivity (Wildman–Crippen MR) is 89.6 cm³/mol. The molecule has 0 bridgehead atoms. The third-order valence-electron chi connectivity index (χ3n) is 4.80. The number of hydrogen-bond donors (Lipinski definition) is 1. The third kappa shape index (κ3) is 3.13. The summed E-state index contributed by atoms with van der Waals surface area (Å²) in [7, 11) is 3.97. The van der Waals surface area contributed by atoms with E-state index in [1.807, 2.05) is 37.0 Å². The largest absolute Gasteiger partial charge is 0.373 e. The Balaban J connectivity index is 1.67. The standard InChI is InChI=1S/C17H26N4O2/c1-5-23-17(2)10-14(17)19-16(22)21-9-7-12-6-8-18-15(20(3)4)13(12)11-21/h6,8,14H,5,7,9-11H2,1-4H3,(H,19,22)/t14-,17+/m1/s1. The lowest BCUT2D eigenvalue weighted by atomic mass is 10.0. The van der Waals surface area contributed by atoms with Gasteiger partial charge in [-0.25, -0.2) is 9.78 Å². The van der Waals surface area contributed by atoms with Crippen LogP contribution in [0.2, 0.25) is 0 Å². The van der Waals surface area contributed by atoms with E-state index in [4.69, 9.17) is 4.74 Å². The second-order valence-electron chi connectivity index (χ2n) is 6.79. The lowest BCUT2D eigenvalue weighted by Gasteiger charge is -2.31. The molecule has 2 amide bonds. The number of ether oxygens (including phenoxy) is 1. The van der Waals surface area contributed by atoms with Crippen LogP contribution in [0.25, 0.3) is 0 Å². The number of pyridine rings is 1. The number of carbonyl (C=O) groups excluding carboxylic acids is 1. The second-order valence-corrected chi connectivity index (χ2v) is 6.79. The molecular formula is C17H26N4O2. The number of rotatable bonds is 4. The molecule has 0 radical (unpaired) electrons. The summed E-state index contributed by atoms with van der Waals surface area (Å²) < 4.78 is 5.70. The van der Waals surface area contributed by atoms with E-state index in [1.165, 1.54) is 5.56 Å². The zero-order chi connectivity index (χ0) is 16.6. The normalized spacial score (nSPS) is 25.7. The summed E-state index contributed by atoms with van der Waals surface area (Å²) in [6, 6.07) is 2.18. The van der Waals surface area contributed by atoms with Gasteiger partial charge in [-0.2, -0.15) is 0 Å². The van der Waals surface area contributed by atoms with Gasteiger partial charge in [0.1, 0.15) is 5.82 Å². The van der Waals surface area contributed by atoms with Gasteiger partial charge in [0, 0.05) is 45.4 Å². The molecule has 0 aromatic carbocycles. The molecule has 1 aromatic heterocycles. The number of anilines is 1. The van der Waals surface area contributed by atoms with Crippen molar-refractivity contribution in [3.05, 3.63) is 23.4 Å². The van der Waals surface area contributed by atoms with Crippen molar-refractivity contribution >= 4 is 11.8 Å². The molecule has 1 N–H and O–H groups in total. The molecule has 2 heterocycles. The van der Waals surface area contributed by atoms with Crippen LogP contribution in [0.3, 0.4) is 0 Å². The summed E-state index contributed by atoms with van der Waals surface area (Å²) >= 11 is 0. The number of hydrogen-bond acceptors (Lipinski definition) is 4. The summed E-state index contributed by atoms with van der Waals surface area (Å²) in [5.41, 5.74) is 2.26. The summed E-state index contributed by atoms with van der Waals surface area (Å²) in [6.45, 7) is 6.08. The molecule has 1 saturated carbocycles. The minimum atomic E-state index is -0.186. The van der Waals surface area contributed by atoms with Gasteiger partial charge in [-0.1, -0.05) is 0 Å². The fourth-order valence-electron chi connectivity index (χ4n) is 3.29. The van der Waals surface area contributed by atoms with Crippen LogP contribution in [0.5, 0.6) is 0 Å². The zero-order valence-electron chi connectivity index (χ0n) is 14.4. The van der Waals surface area contributed by atoms with E-state index >= 15 is 0 Å². The van der Waals surface area contributed by atoms with Gasteiger partial charge in [0.2, 0.25) is 0 Å². The summed E-state index contributed by atoms with van der Waals surface area (Å²) in [5.74, 6) is 0.950. The molecular weight excluding hydrogens is 292 g/mol. The number of urea groups is 1. The van der Waals surface area contributed by atoms with Gasteiger partial charge < -0.3 is 19.9 Å². The van der Waals surface area contributed by atoms with E-state index in [9.17, 15) is 4.79 Å². The van der Waals surface area contributed by atoms with Gasteiger partial charge in [0.25, 0.3) is 0 Å². The van der Waals surface area contributed by atoms with E-state index in [-0.39, 0.29) is 17.7 Å². The molecule has 1 aliphatic heterocycles. The Labute approximate surface area is 137 Å². The Morgan fingerprint density at radius 2 is 2.35 bits per heavy atom. The SMILES string of the molecule is CCO[C@@]1(C)C[C@H]1NC(=O)N1CCc2ccnc(N(C)C)c2C1. The first kappa shape index (κ1) is 16.1. The molecule has 2 atom stereocenters. The Morgan fingerprint density at radius 3 is 3.04 bits per heavy atom. The maximum absolute atomic E-state index is 12.6. The maximum atomic E-state index is 12.6. The lowest BCUT2D eigenvalue weighted by molar-refractivity contribution is 0.0485. The van der Waals surface area contributed by atoms with Crippen LogP contribution in [0.4, 0.5) is 10.6 Å². The molecule has 0 spiro atoms. The zero-order valence-corrected chi connectivity index (χ0v) is 14.4. The van der Waals surface area contributed by atoms with E-state index in [0.29, 0.717) is 13.2 Å². The van der Waals surface area contributed by atoms with Crippen LogP contribution in [-0.4, -0.2) is 54.8 Å². The molecule has 6 heteroatoms. The van der Waals surface area contributed by atoms with Gasteiger partial charge in [0.15, 0.2) is 0 Å². The Kier molecular flexibility index (Phi) is 4.19. The van der Waals surface area contributed by atoms with Crippen LogP contribution in [-0.2, 0) is 17.7 Å². The highest BCUT2D eigenvalue weighted by molar-refractivity contribution is 5.76. The highest BCUT2D eigenvalue weighted by Crippen LogP contribution is 2.39. The molecule has 0 saturated heterocycles. The van der Waals surface area contributed by atoms with Crippen molar-refractivity contribution in [1.29, 1.82) is 0 Å². The topological polar surface area (TPSA) is 57.7 Å². The first-order valence-corrected chi connectivity index (χ1v) is 8.28. The molecule has 1 aromatic rings. The van der Waals surface area contributed by atoms with Crippen molar-refractivity contribution in [2.45, 2.75) is 44.9 Å². The smallest absolute Gasteiger partial charge is 0.318 e. The maximum Gasteiger partial charge on any atom is 0.318 e. The Hall–Kier alpha value is -1.82. The number of nitrogens with zero attached hydrogens (tertiary/aromatic N) is 3. The average Bonchev–Trinajstić information content (AvgIpc) is 3.15. The molecule has 23 heavy (non-hydrogen) atoms. The molecule has 0 unspecified atom stereocenters. The number of carbonyl (C=O) groups is 1. The molecule has 3 rings (SSSR count). The van der Waals surface area contributed by atoms with E-state index < -0.39 is 0 Å². The third-order valence-corrected chi connectivity index (χ3v) is 4.80. The first-order valence-electron chi connectivity index (χ1n) is 8.28. The fourth-order valence-corrected chi connectivity index (χ4v) is 3.29. The van der Waals surface area contributed by atoms with Gasteiger partial charge >= 0.3 is 6.03 Å². The molecule has 126 valence electrons. The van der Waals surface area contributed by atoms with Crippen molar-refractivity contribution in [2.75, 3.05) is 32.1 Å². The van der Waals surface area contributed by atoms with Crippen LogP contribution < -0.4 is 10.2 Å². The number of amides is 2. The van der Waals surface area contributed by atoms with Crippen molar-refractivity contribution < 1.29 is 9.53 Å². The minimum Gasteiger partial charge on any atom is -0.373 e. The van der Waals surface area contributed by atoms with Crippen LogP contribution in [0, 0.1) is 0 Å². The lowest BCUT2D eigenvalue weighted by Crippen LogP contribution is -2.45. The number of fused-ring (bicyclic) bond motifs is 1. The summed E-state index contributed by atoms with van der Waals surface area (Å²) in [5, 5.41) is 3.11. The molecule has 6 nitrogen and oxygen atoms in total. The predicted octanol–water partition coefficient (Wildman–Crippen LogP) is 1.78. The van der Waals surface area contributed by atoms with Crippen molar-refractivity contribution in [1.82, 2.24) is 15.2 Å². The van der Waals surface area contributed by atoms with Gasteiger partial charge in [-0.05, 0) is 31.9 Å². The Morgan fingerprint density at radius 1 is 1.57 bits per heavy atom. The van der Waals surface area contributed by atoms with Crippen molar-refractivity contribution in [2.24, 2.45) is 0 Å². The first-order chi connectivity index (χ1) is 10.9. The molecule has 1 fully saturated rings. The van der Waals surface area contributed by atoms with E-state index in [2.05, 4.69) is 23.3 Å². The van der Waals surface area contributed by atoms with Gasteiger partial charge in [-0.3, -0.25) is 0 Å². The fraction of sp³-hybridized carbons (Fsp3) is 0.647. The van der Waals surface area contributed by atoms with E-state index in [0.717, 1.165) is 30.8 Å². The number of nitrogens with one attached hydrogen (secondary N) is 1. The summed E-state index contributed by atoms with van der Waals surface area (Å²) in [6.07, 6.45) is 3.61. The van der Waals surface area contributed by atoms with Gasteiger partial charge in [0.05, 0.1) is 18.2 Å². The highest BCUT2D eigenvalue weighted by Gasteiger charge is 2.52. The molecule has 1 aliphatic carbocycles. The van der Waals surface area contributed by atoms with Crippen LogP contribution >= 0.6 is 0 Å². The molecule has 2 aliphatic rings.